The lowest BCUT2D eigenvalue weighted by Gasteiger charge is -2.17. The third-order valence-electron chi connectivity index (χ3n) is 2.51. The average Bonchev–Trinajstić information content (AvgIpc) is 2.27. The van der Waals surface area contributed by atoms with Crippen LogP contribution in [0.15, 0.2) is 24.3 Å². The molecule has 0 heterocycles. The van der Waals surface area contributed by atoms with Crippen molar-refractivity contribution in [2.45, 2.75) is 12.8 Å². The molecule has 4 N–H and O–H groups in total. The third kappa shape index (κ3) is 2.70. The highest BCUT2D eigenvalue weighted by Crippen LogP contribution is 2.20. The van der Waals surface area contributed by atoms with E-state index in [1.165, 1.54) is 4.90 Å². The van der Waals surface area contributed by atoms with Gasteiger partial charge in [0.2, 0.25) is 0 Å². The molecule has 2 amide bonds. The lowest BCUT2D eigenvalue weighted by molar-refractivity contribution is 0.255. The van der Waals surface area contributed by atoms with E-state index in [1.54, 1.807) is 7.05 Å². The zero-order chi connectivity index (χ0) is 11.4. The first kappa shape index (κ1) is 11.5. The molecule has 82 valence electrons. The SMILES string of the molecule is CC(CN)c1cccc(N(C)C(N)=O)c1. The fourth-order valence-corrected chi connectivity index (χ4v) is 1.30. The number of anilines is 1. The Morgan fingerprint density at radius 3 is 2.73 bits per heavy atom. The molecule has 0 aliphatic carbocycles. The van der Waals surface area contributed by atoms with Crippen LogP contribution in [0.5, 0.6) is 0 Å². The van der Waals surface area contributed by atoms with E-state index in [4.69, 9.17) is 11.5 Å². The van der Waals surface area contributed by atoms with Crippen molar-refractivity contribution in [3.8, 4) is 0 Å². The number of nitrogens with zero attached hydrogens (tertiary/aromatic N) is 1. The summed E-state index contributed by atoms with van der Waals surface area (Å²) in [4.78, 5) is 12.4. The summed E-state index contributed by atoms with van der Waals surface area (Å²) in [7, 11) is 1.65. The van der Waals surface area contributed by atoms with Crippen LogP contribution in [0.4, 0.5) is 10.5 Å². The normalized spacial score (nSPS) is 12.2. The molecule has 0 aromatic heterocycles. The summed E-state index contributed by atoms with van der Waals surface area (Å²) in [5.74, 6) is 0.284. The Morgan fingerprint density at radius 2 is 2.20 bits per heavy atom. The van der Waals surface area contributed by atoms with Crippen molar-refractivity contribution >= 4 is 11.7 Å². The molecule has 0 aliphatic rings. The van der Waals surface area contributed by atoms with Gasteiger partial charge in [-0.15, -0.1) is 0 Å². The minimum absolute atomic E-state index is 0.284. The fraction of sp³-hybridized carbons (Fsp3) is 0.364. The molecule has 0 aliphatic heterocycles. The molecule has 0 saturated heterocycles. The second-order valence-electron chi connectivity index (χ2n) is 3.63. The molecular formula is C11H17N3O. The maximum atomic E-state index is 11.0. The first-order valence-corrected chi connectivity index (χ1v) is 4.89. The summed E-state index contributed by atoms with van der Waals surface area (Å²) in [5, 5.41) is 0. The molecule has 1 atom stereocenters. The van der Waals surface area contributed by atoms with Crippen molar-refractivity contribution in [3.63, 3.8) is 0 Å². The average molecular weight is 207 g/mol. The predicted octanol–water partition coefficient (Wildman–Crippen LogP) is 1.26. The number of hydrogen-bond acceptors (Lipinski definition) is 2. The van der Waals surface area contributed by atoms with Gasteiger partial charge in [-0.25, -0.2) is 4.79 Å². The molecule has 0 radical (unpaired) electrons. The van der Waals surface area contributed by atoms with E-state index in [-0.39, 0.29) is 5.92 Å². The minimum Gasteiger partial charge on any atom is -0.351 e. The minimum atomic E-state index is -0.465. The summed E-state index contributed by atoms with van der Waals surface area (Å²) >= 11 is 0. The zero-order valence-corrected chi connectivity index (χ0v) is 9.10. The summed E-state index contributed by atoms with van der Waals surface area (Å²) in [5.41, 5.74) is 12.7. The molecule has 0 saturated carbocycles. The molecular weight excluding hydrogens is 190 g/mol. The van der Waals surface area contributed by atoms with E-state index >= 15 is 0 Å². The topological polar surface area (TPSA) is 72.3 Å². The van der Waals surface area contributed by atoms with Gasteiger partial charge in [0.1, 0.15) is 0 Å². The van der Waals surface area contributed by atoms with Crippen LogP contribution in [0, 0.1) is 0 Å². The first-order chi connectivity index (χ1) is 7.06. The summed E-state index contributed by atoms with van der Waals surface area (Å²) in [6.45, 7) is 2.63. The van der Waals surface area contributed by atoms with Gasteiger partial charge in [-0.2, -0.15) is 0 Å². The number of benzene rings is 1. The van der Waals surface area contributed by atoms with Crippen LogP contribution in [0.1, 0.15) is 18.4 Å². The van der Waals surface area contributed by atoms with Crippen LogP contribution in [0.25, 0.3) is 0 Å². The number of carbonyl (C=O) groups excluding carboxylic acids is 1. The molecule has 1 unspecified atom stereocenters. The van der Waals surface area contributed by atoms with Gasteiger partial charge in [-0.05, 0) is 30.2 Å². The van der Waals surface area contributed by atoms with Crippen LogP contribution in [-0.2, 0) is 0 Å². The van der Waals surface area contributed by atoms with Gasteiger partial charge in [0.05, 0.1) is 0 Å². The molecule has 1 rings (SSSR count). The van der Waals surface area contributed by atoms with Gasteiger partial charge in [-0.3, -0.25) is 4.90 Å². The largest absolute Gasteiger partial charge is 0.351 e. The van der Waals surface area contributed by atoms with Gasteiger partial charge in [0, 0.05) is 12.7 Å². The van der Waals surface area contributed by atoms with E-state index in [1.807, 2.05) is 31.2 Å². The molecule has 1 aromatic carbocycles. The second-order valence-corrected chi connectivity index (χ2v) is 3.63. The number of hydrogen-bond donors (Lipinski definition) is 2. The molecule has 4 heteroatoms. The molecule has 0 spiro atoms. The van der Waals surface area contributed by atoms with E-state index in [0.29, 0.717) is 6.54 Å². The molecule has 0 fully saturated rings. The van der Waals surface area contributed by atoms with Crippen LogP contribution in [0.2, 0.25) is 0 Å². The lowest BCUT2D eigenvalue weighted by Crippen LogP contribution is -2.31. The van der Waals surface area contributed by atoms with Crippen molar-refractivity contribution in [2.24, 2.45) is 11.5 Å². The molecule has 1 aromatic rings. The Labute approximate surface area is 89.9 Å². The third-order valence-corrected chi connectivity index (χ3v) is 2.51. The van der Waals surface area contributed by atoms with Gasteiger partial charge in [0.25, 0.3) is 0 Å². The molecule has 4 nitrogen and oxygen atoms in total. The van der Waals surface area contributed by atoms with Crippen molar-refractivity contribution in [1.82, 2.24) is 0 Å². The Morgan fingerprint density at radius 1 is 1.53 bits per heavy atom. The van der Waals surface area contributed by atoms with Crippen molar-refractivity contribution in [1.29, 1.82) is 0 Å². The number of rotatable bonds is 3. The zero-order valence-electron chi connectivity index (χ0n) is 9.10. The van der Waals surface area contributed by atoms with Gasteiger partial charge >= 0.3 is 6.03 Å². The number of carbonyl (C=O) groups is 1. The van der Waals surface area contributed by atoms with Crippen LogP contribution in [0.3, 0.4) is 0 Å². The summed E-state index contributed by atoms with van der Waals surface area (Å²) in [6, 6.07) is 7.21. The predicted molar refractivity (Wildman–Crippen MR) is 61.9 cm³/mol. The number of primary amides is 1. The Balaban J connectivity index is 2.97. The smallest absolute Gasteiger partial charge is 0.318 e. The van der Waals surface area contributed by atoms with E-state index in [9.17, 15) is 4.79 Å². The van der Waals surface area contributed by atoms with Crippen molar-refractivity contribution in [2.75, 3.05) is 18.5 Å². The monoisotopic (exact) mass is 207 g/mol. The summed E-state index contributed by atoms with van der Waals surface area (Å²) in [6.07, 6.45) is 0. The number of amides is 2. The van der Waals surface area contributed by atoms with Crippen molar-refractivity contribution in [3.05, 3.63) is 29.8 Å². The highest BCUT2D eigenvalue weighted by molar-refractivity contribution is 5.90. The van der Waals surface area contributed by atoms with E-state index in [2.05, 4.69) is 0 Å². The van der Waals surface area contributed by atoms with Crippen LogP contribution in [-0.4, -0.2) is 19.6 Å². The van der Waals surface area contributed by atoms with Gasteiger partial charge in [0.15, 0.2) is 0 Å². The Hall–Kier alpha value is -1.55. The van der Waals surface area contributed by atoms with Crippen LogP contribution >= 0.6 is 0 Å². The van der Waals surface area contributed by atoms with E-state index in [0.717, 1.165) is 11.3 Å². The standard InChI is InChI=1S/C11H17N3O/c1-8(7-12)9-4-3-5-10(6-9)14(2)11(13)15/h3-6,8H,7,12H2,1-2H3,(H2,13,15). The maximum absolute atomic E-state index is 11.0. The van der Waals surface area contributed by atoms with Crippen molar-refractivity contribution < 1.29 is 4.79 Å². The van der Waals surface area contributed by atoms with Gasteiger partial charge < -0.3 is 11.5 Å². The fourth-order valence-electron chi connectivity index (χ4n) is 1.30. The molecule has 15 heavy (non-hydrogen) atoms. The Kier molecular flexibility index (Phi) is 3.68. The number of nitrogens with two attached hydrogens (primary N) is 2. The van der Waals surface area contributed by atoms with Gasteiger partial charge in [-0.1, -0.05) is 19.1 Å². The molecule has 0 bridgehead atoms. The first-order valence-electron chi connectivity index (χ1n) is 4.89. The highest BCUT2D eigenvalue weighted by Gasteiger charge is 2.08. The van der Waals surface area contributed by atoms with E-state index < -0.39 is 6.03 Å². The second kappa shape index (κ2) is 4.79. The maximum Gasteiger partial charge on any atom is 0.318 e. The Bertz CT molecular complexity index is 351. The lowest BCUT2D eigenvalue weighted by atomic mass is 10.0. The quantitative estimate of drug-likeness (QED) is 0.783. The highest BCUT2D eigenvalue weighted by atomic mass is 16.2. The number of urea groups is 1. The van der Waals surface area contributed by atoms with Crippen LogP contribution < -0.4 is 16.4 Å². The summed E-state index contributed by atoms with van der Waals surface area (Å²) < 4.78 is 0.